The molecule has 3 aliphatic rings. The first kappa shape index (κ1) is 14.6. The van der Waals surface area contributed by atoms with Crippen LogP contribution in [0.5, 0.6) is 0 Å². The zero-order valence-electron chi connectivity index (χ0n) is 12.8. The lowest BCUT2D eigenvalue weighted by atomic mass is 9.82. The Bertz CT molecular complexity index is 497. The molecular formula is C16H22O5. The maximum atomic E-state index is 11.9. The molecular weight excluding hydrogens is 272 g/mol. The van der Waals surface area contributed by atoms with E-state index in [1.54, 1.807) is 0 Å². The van der Waals surface area contributed by atoms with E-state index >= 15 is 0 Å². The van der Waals surface area contributed by atoms with Crippen LogP contribution in [0.3, 0.4) is 0 Å². The molecule has 0 N–H and O–H groups in total. The number of hydrogen-bond donors (Lipinski definition) is 0. The molecule has 2 aliphatic heterocycles. The number of esters is 2. The fourth-order valence-electron chi connectivity index (χ4n) is 3.61. The molecule has 3 rings (SSSR count). The second kappa shape index (κ2) is 5.13. The summed E-state index contributed by atoms with van der Waals surface area (Å²) in [6.07, 6.45) is 4.83. The number of ether oxygens (including phenoxy) is 3. The van der Waals surface area contributed by atoms with E-state index in [-0.39, 0.29) is 41.6 Å². The second-order valence-electron chi connectivity index (χ2n) is 6.55. The van der Waals surface area contributed by atoms with Gasteiger partial charge in [-0.2, -0.15) is 0 Å². The van der Waals surface area contributed by atoms with Gasteiger partial charge in [0, 0.05) is 17.9 Å². The van der Waals surface area contributed by atoms with Gasteiger partial charge < -0.3 is 14.2 Å². The molecule has 0 unspecified atom stereocenters. The molecule has 5 heteroatoms. The zero-order chi connectivity index (χ0) is 15.2. The maximum absolute atomic E-state index is 11.9. The molecule has 0 aromatic rings. The summed E-state index contributed by atoms with van der Waals surface area (Å²) in [6.45, 7) is 3.96. The number of rotatable bonds is 1. The molecule has 5 atom stereocenters. The predicted octanol–water partition coefficient (Wildman–Crippen LogP) is 1.99. The number of carbonyl (C=O) groups excluding carboxylic acids is 2. The molecule has 0 amide bonds. The van der Waals surface area contributed by atoms with E-state index < -0.39 is 0 Å². The Morgan fingerprint density at radius 1 is 1.48 bits per heavy atom. The average molecular weight is 294 g/mol. The monoisotopic (exact) mass is 294 g/mol. The van der Waals surface area contributed by atoms with Crippen LogP contribution in [-0.2, 0) is 23.8 Å². The summed E-state index contributed by atoms with van der Waals surface area (Å²) in [5, 5.41) is 0. The van der Waals surface area contributed by atoms with E-state index in [1.807, 2.05) is 13.0 Å². The summed E-state index contributed by atoms with van der Waals surface area (Å²) < 4.78 is 16.2. The highest BCUT2D eigenvalue weighted by Gasteiger charge is 2.56. The van der Waals surface area contributed by atoms with Crippen LogP contribution in [-0.4, -0.2) is 36.9 Å². The van der Waals surface area contributed by atoms with Crippen LogP contribution in [0.1, 0.15) is 39.5 Å². The van der Waals surface area contributed by atoms with Crippen LogP contribution < -0.4 is 0 Å². The van der Waals surface area contributed by atoms with Crippen molar-refractivity contribution >= 4 is 11.9 Å². The van der Waals surface area contributed by atoms with Crippen molar-refractivity contribution in [3.8, 4) is 0 Å². The first-order valence-electron chi connectivity index (χ1n) is 7.60. The fourth-order valence-corrected chi connectivity index (χ4v) is 3.61. The van der Waals surface area contributed by atoms with Crippen molar-refractivity contribution in [2.45, 2.75) is 57.3 Å². The van der Waals surface area contributed by atoms with Gasteiger partial charge in [-0.1, -0.05) is 13.0 Å². The first-order chi connectivity index (χ1) is 9.94. The molecule has 0 radical (unpaired) electrons. The predicted molar refractivity (Wildman–Crippen MR) is 74.4 cm³/mol. The van der Waals surface area contributed by atoms with Gasteiger partial charge in [0.05, 0.1) is 24.7 Å². The van der Waals surface area contributed by atoms with Gasteiger partial charge in [0.15, 0.2) is 0 Å². The van der Waals surface area contributed by atoms with Gasteiger partial charge in [-0.15, -0.1) is 0 Å². The normalized spacial score (nSPS) is 44.7. The average Bonchev–Trinajstić information content (AvgIpc) is 3.02. The van der Waals surface area contributed by atoms with E-state index in [0.29, 0.717) is 18.4 Å². The molecule has 0 bridgehead atoms. The summed E-state index contributed by atoms with van der Waals surface area (Å²) >= 11 is 0. The summed E-state index contributed by atoms with van der Waals surface area (Å²) in [5.74, 6) is -0.451. The van der Waals surface area contributed by atoms with Gasteiger partial charge in [0.1, 0.15) is 6.10 Å². The molecule has 2 fully saturated rings. The highest BCUT2D eigenvalue weighted by atomic mass is 16.6. The fraction of sp³-hybridized carbons (Fsp3) is 0.750. The Labute approximate surface area is 124 Å². The third-order valence-electron chi connectivity index (χ3n) is 5.16. The van der Waals surface area contributed by atoms with Gasteiger partial charge in [-0.3, -0.25) is 4.79 Å². The SMILES string of the molecule is COC(=O)/C1=C/C[C@H]2[C@H](C[C@@]3(C)O[C@@H]3CC1)OC(=O)[C@@H]2C. The minimum atomic E-state index is -0.285. The molecule has 5 nitrogen and oxygen atoms in total. The molecule has 0 aromatic heterocycles. The van der Waals surface area contributed by atoms with Crippen molar-refractivity contribution in [1.29, 1.82) is 0 Å². The molecule has 0 spiro atoms. The van der Waals surface area contributed by atoms with E-state index in [4.69, 9.17) is 14.2 Å². The number of epoxide rings is 1. The van der Waals surface area contributed by atoms with Gasteiger partial charge in [-0.25, -0.2) is 4.79 Å². The summed E-state index contributed by atoms with van der Waals surface area (Å²) in [7, 11) is 1.40. The molecule has 2 saturated heterocycles. The van der Waals surface area contributed by atoms with Crippen LogP contribution in [0.2, 0.25) is 0 Å². The van der Waals surface area contributed by atoms with Crippen molar-refractivity contribution in [3.05, 3.63) is 11.6 Å². The lowest BCUT2D eigenvalue weighted by molar-refractivity contribution is -0.144. The number of fused-ring (bicyclic) bond motifs is 2. The quantitative estimate of drug-likeness (QED) is 0.546. The standard InChI is InChI=1S/C16H22O5/c1-9-11-6-4-10(15(18)19-3)5-7-13-16(2,21-13)8-12(11)20-14(9)17/h4,9,11-13H,5-8H2,1-3H3/b10-4+/t9-,11-,12+,13-,16-/m1/s1. The highest BCUT2D eigenvalue weighted by Crippen LogP contribution is 2.48. The Morgan fingerprint density at radius 3 is 2.95 bits per heavy atom. The molecule has 0 aromatic carbocycles. The number of hydrogen-bond acceptors (Lipinski definition) is 5. The molecule has 0 saturated carbocycles. The molecule has 1 aliphatic carbocycles. The summed E-state index contributed by atoms with van der Waals surface area (Å²) in [6, 6.07) is 0. The van der Waals surface area contributed by atoms with Crippen molar-refractivity contribution in [1.82, 2.24) is 0 Å². The second-order valence-corrected chi connectivity index (χ2v) is 6.55. The Morgan fingerprint density at radius 2 is 2.24 bits per heavy atom. The van der Waals surface area contributed by atoms with Crippen molar-refractivity contribution in [3.63, 3.8) is 0 Å². The van der Waals surface area contributed by atoms with Crippen molar-refractivity contribution in [2.75, 3.05) is 7.11 Å². The molecule has 116 valence electrons. The van der Waals surface area contributed by atoms with Gasteiger partial charge in [-0.05, 0) is 26.2 Å². The zero-order valence-corrected chi connectivity index (χ0v) is 12.8. The topological polar surface area (TPSA) is 65.1 Å². The van der Waals surface area contributed by atoms with Gasteiger partial charge >= 0.3 is 11.9 Å². The number of allylic oxidation sites excluding steroid dienone is 1. The molecule has 21 heavy (non-hydrogen) atoms. The van der Waals surface area contributed by atoms with E-state index in [2.05, 4.69) is 6.92 Å². The van der Waals surface area contributed by atoms with Crippen LogP contribution in [0.15, 0.2) is 11.6 Å². The smallest absolute Gasteiger partial charge is 0.333 e. The Hall–Kier alpha value is -1.36. The van der Waals surface area contributed by atoms with Gasteiger partial charge in [0.25, 0.3) is 0 Å². The minimum Gasteiger partial charge on any atom is -0.466 e. The number of carbonyl (C=O) groups is 2. The maximum Gasteiger partial charge on any atom is 0.333 e. The molecule has 2 heterocycles. The first-order valence-corrected chi connectivity index (χ1v) is 7.60. The van der Waals surface area contributed by atoms with Crippen molar-refractivity contribution in [2.24, 2.45) is 11.8 Å². The summed E-state index contributed by atoms with van der Waals surface area (Å²) in [4.78, 5) is 23.7. The third kappa shape index (κ3) is 2.59. The third-order valence-corrected chi connectivity index (χ3v) is 5.16. The van der Waals surface area contributed by atoms with Gasteiger partial charge in [0.2, 0.25) is 0 Å². The minimum absolute atomic E-state index is 0.108. The Kier molecular flexibility index (Phi) is 3.56. The largest absolute Gasteiger partial charge is 0.466 e. The number of methoxy groups -OCH3 is 1. The van der Waals surface area contributed by atoms with Crippen LogP contribution in [0.4, 0.5) is 0 Å². The summed E-state index contributed by atoms with van der Waals surface area (Å²) in [5.41, 5.74) is 0.466. The van der Waals surface area contributed by atoms with E-state index in [9.17, 15) is 9.59 Å². The van der Waals surface area contributed by atoms with Crippen molar-refractivity contribution < 1.29 is 23.8 Å². The van der Waals surface area contributed by atoms with E-state index in [1.165, 1.54) is 7.11 Å². The lowest BCUT2D eigenvalue weighted by Gasteiger charge is -2.21. The lowest BCUT2D eigenvalue weighted by Crippen LogP contribution is -2.27. The van der Waals surface area contributed by atoms with Crippen LogP contribution in [0.25, 0.3) is 0 Å². The Balaban J connectivity index is 1.86. The van der Waals surface area contributed by atoms with E-state index in [0.717, 1.165) is 12.8 Å². The highest BCUT2D eigenvalue weighted by molar-refractivity contribution is 5.88. The van der Waals surface area contributed by atoms with Crippen LogP contribution >= 0.6 is 0 Å². The van der Waals surface area contributed by atoms with Crippen LogP contribution in [0, 0.1) is 11.8 Å².